The predicted octanol–water partition coefficient (Wildman–Crippen LogP) is 3.34. The summed E-state index contributed by atoms with van der Waals surface area (Å²) < 4.78 is 23.0. The second-order valence-corrected chi connectivity index (χ2v) is 8.69. The van der Waals surface area contributed by atoms with Crippen LogP contribution in [0, 0.1) is 5.41 Å². The van der Waals surface area contributed by atoms with Crippen LogP contribution in [0.25, 0.3) is 0 Å². The van der Waals surface area contributed by atoms with Crippen molar-refractivity contribution in [2.24, 2.45) is 10.4 Å². The molecule has 2 rings (SSSR count). The molecule has 1 aliphatic rings. The maximum atomic E-state index is 11.5. The lowest BCUT2D eigenvalue weighted by atomic mass is 9.67. The zero-order valence-corrected chi connectivity index (χ0v) is 18.5. The average Bonchev–Trinajstić information content (AvgIpc) is 2.51. The molecule has 0 bridgehead atoms. The second-order valence-electron chi connectivity index (χ2n) is 6.67. The number of sulfone groups is 1. The normalized spacial score (nSPS) is 16.5. The second kappa shape index (κ2) is 9.75. The van der Waals surface area contributed by atoms with E-state index in [9.17, 15) is 8.42 Å². The summed E-state index contributed by atoms with van der Waals surface area (Å²) in [7, 11) is -3.14. The third kappa shape index (κ3) is 6.44. The van der Waals surface area contributed by atoms with Gasteiger partial charge in [0.25, 0.3) is 0 Å². The van der Waals surface area contributed by atoms with Crippen molar-refractivity contribution in [1.29, 1.82) is 0 Å². The molecule has 5 nitrogen and oxygen atoms in total. The van der Waals surface area contributed by atoms with Gasteiger partial charge in [0, 0.05) is 19.3 Å². The van der Waals surface area contributed by atoms with E-state index in [0.717, 1.165) is 24.6 Å². The smallest absolute Gasteiger partial charge is 0.191 e. The number of hydrogen-bond donors (Lipinski definition) is 2. The summed E-state index contributed by atoms with van der Waals surface area (Å²) >= 11 is 0. The molecule has 1 saturated carbocycles. The lowest BCUT2D eigenvalue weighted by Gasteiger charge is -2.41. The summed E-state index contributed by atoms with van der Waals surface area (Å²) in [6.07, 6.45) is 6.34. The number of nitrogens with one attached hydrogen (secondary N) is 2. The average molecular weight is 479 g/mol. The van der Waals surface area contributed by atoms with Crippen molar-refractivity contribution in [2.75, 3.05) is 19.3 Å². The Labute approximate surface area is 169 Å². The molecule has 142 valence electrons. The summed E-state index contributed by atoms with van der Waals surface area (Å²) in [6.45, 7) is 6.62. The molecule has 2 N–H and O–H groups in total. The molecule has 0 amide bonds. The van der Waals surface area contributed by atoms with Crippen LogP contribution in [0.5, 0.6) is 0 Å². The van der Waals surface area contributed by atoms with Crippen LogP contribution in [0.3, 0.4) is 0 Å². The first-order valence-corrected chi connectivity index (χ1v) is 10.6. The molecule has 0 radical (unpaired) electrons. The SMILES string of the molecule is CCNC(=NCc1ccc(S(C)(=O)=O)cc1)NCC1(CC)CCC1.I. The van der Waals surface area contributed by atoms with E-state index in [-0.39, 0.29) is 24.0 Å². The molecule has 1 aromatic rings. The fourth-order valence-electron chi connectivity index (χ4n) is 2.96. The van der Waals surface area contributed by atoms with Crippen molar-refractivity contribution >= 4 is 39.8 Å². The zero-order valence-electron chi connectivity index (χ0n) is 15.3. The van der Waals surface area contributed by atoms with Gasteiger partial charge in [-0.15, -0.1) is 24.0 Å². The van der Waals surface area contributed by atoms with Gasteiger partial charge in [-0.2, -0.15) is 0 Å². The molecule has 7 heteroatoms. The lowest BCUT2D eigenvalue weighted by Crippen LogP contribution is -2.46. The predicted molar refractivity (Wildman–Crippen MR) is 114 cm³/mol. The van der Waals surface area contributed by atoms with Crippen molar-refractivity contribution in [3.05, 3.63) is 29.8 Å². The van der Waals surface area contributed by atoms with Gasteiger partial charge in [-0.3, -0.25) is 0 Å². The summed E-state index contributed by atoms with van der Waals surface area (Å²) in [6, 6.07) is 6.92. The molecule has 1 aliphatic carbocycles. The molecule has 0 heterocycles. The van der Waals surface area contributed by atoms with Crippen LogP contribution < -0.4 is 10.6 Å². The first kappa shape index (κ1) is 22.2. The summed E-state index contributed by atoms with van der Waals surface area (Å²) in [4.78, 5) is 4.96. The van der Waals surface area contributed by atoms with E-state index in [4.69, 9.17) is 0 Å². The number of halogens is 1. The number of rotatable bonds is 7. The van der Waals surface area contributed by atoms with Gasteiger partial charge in [-0.1, -0.05) is 25.5 Å². The van der Waals surface area contributed by atoms with Crippen LogP contribution in [-0.4, -0.2) is 33.7 Å². The molecule has 0 aromatic heterocycles. The number of benzene rings is 1. The Hall–Kier alpha value is -0.830. The highest BCUT2D eigenvalue weighted by Gasteiger charge is 2.34. The molecule has 0 saturated heterocycles. The first-order chi connectivity index (χ1) is 11.4. The van der Waals surface area contributed by atoms with E-state index in [1.807, 2.05) is 12.1 Å². The maximum Gasteiger partial charge on any atom is 0.191 e. The van der Waals surface area contributed by atoms with Gasteiger partial charge in [-0.25, -0.2) is 13.4 Å². The Bertz CT molecular complexity index is 663. The summed E-state index contributed by atoms with van der Waals surface area (Å²) in [5, 5.41) is 6.74. The topological polar surface area (TPSA) is 70.6 Å². The van der Waals surface area contributed by atoms with Crippen LogP contribution >= 0.6 is 24.0 Å². The quantitative estimate of drug-likeness (QED) is 0.358. The number of nitrogens with zero attached hydrogens (tertiary/aromatic N) is 1. The van der Waals surface area contributed by atoms with Gasteiger partial charge in [0.05, 0.1) is 11.4 Å². The van der Waals surface area contributed by atoms with Crippen molar-refractivity contribution in [1.82, 2.24) is 10.6 Å². The van der Waals surface area contributed by atoms with E-state index in [1.54, 1.807) is 12.1 Å². The molecule has 0 unspecified atom stereocenters. The first-order valence-electron chi connectivity index (χ1n) is 8.70. The van der Waals surface area contributed by atoms with Crippen LogP contribution in [0.2, 0.25) is 0 Å². The molecule has 25 heavy (non-hydrogen) atoms. The Balaban J connectivity index is 0.00000312. The highest BCUT2D eigenvalue weighted by atomic mass is 127. The van der Waals surface area contributed by atoms with Gasteiger partial charge in [0.1, 0.15) is 0 Å². The number of hydrogen-bond acceptors (Lipinski definition) is 3. The Morgan fingerprint density at radius 3 is 2.24 bits per heavy atom. The monoisotopic (exact) mass is 479 g/mol. The van der Waals surface area contributed by atoms with E-state index < -0.39 is 9.84 Å². The Morgan fingerprint density at radius 1 is 1.16 bits per heavy atom. The highest BCUT2D eigenvalue weighted by molar-refractivity contribution is 14.0. The molecular formula is C18H30IN3O2S. The highest BCUT2D eigenvalue weighted by Crippen LogP contribution is 2.42. The fourth-order valence-corrected chi connectivity index (χ4v) is 3.59. The van der Waals surface area contributed by atoms with Crippen molar-refractivity contribution in [3.63, 3.8) is 0 Å². The van der Waals surface area contributed by atoms with Gasteiger partial charge < -0.3 is 10.6 Å². The third-order valence-electron chi connectivity index (χ3n) is 4.91. The van der Waals surface area contributed by atoms with Crippen LogP contribution in [0.1, 0.15) is 45.1 Å². The largest absolute Gasteiger partial charge is 0.357 e. The number of aliphatic imine (C=N–C) groups is 1. The minimum absolute atomic E-state index is 0. The Kier molecular flexibility index (Phi) is 8.67. The van der Waals surface area contributed by atoms with Crippen LogP contribution in [0.15, 0.2) is 34.2 Å². The van der Waals surface area contributed by atoms with Gasteiger partial charge in [0.2, 0.25) is 0 Å². The van der Waals surface area contributed by atoms with E-state index in [2.05, 4.69) is 29.5 Å². The standard InChI is InChI=1S/C18H29N3O2S.HI/c1-4-18(11-6-12-18)14-21-17(19-5-2)20-13-15-7-9-16(10-8-15)24(3,22)23;/h7-10H,4-6,11-14H2,1-3H3,(H2,19,20,21);1H. The summed E-state index contributed by atoms with van der Waals surface area (Å²) in [5.74, 6) is 0.824. The van der Waals surface area contributed by atoms with Gasteiger partial charge >= 0.3 is 0 Å². The van der Waals surface area contributed by atoms with E-state index in [0.29, 0.717) is 16.9 Å². The van der Waals surface area contributed by atoms with Crippen LogP contribution in [-0.2, 0) is 16.4 Å². The summed E-state index contributed by atoms with van der Waals surface area (Å²) in [5.41, 5.74) is 1.43. The van der Waals surface area contributed by atoms with Crippen molar-refractivity contribution in [3.8, 4) is 0 Å². The molecule has 0 atom stereocenters. The fraction of sp³-hybridized carbons (Fsp3) is 0.611. The molecule has 1 aromatic carbocycles. The molecular weight excluding hydrogens is 449 g/mol. The molecule has 0 spiro atoms. The molecule has 0 aliphatic heterocycles. The number of guanidine groups is 1. The minimum Gasteiger partial charge on any atom is -0.357 e. The van der Waals surface area contributed by atoms with Gasteiger partial charge in [-0.05, 0) is 49.3 Å². The Morgan fingerprint density at radius 2 is 1.80 bits per heavy atom. The third-order valence-corrected chi connectivity index (χ3v) is 6.04. The lowest BCUT2D eigenvalue weighted by molar-refractivity contribution is 0.131. The van der Waals surface area contributed by atoms with Crippen molar-refractivity contribution in [2.45, 2.75) is 51.0 Å². The van der Waals surface area contributed by atoms with Crippen LogP contribution in [0.4, 0.5) is 0 Å². The maximum absolute atomic E-state index is 11.5. The van der Waals surface area contributed by atoms with E-state index >= 15 is 0 Å². The zero-order chi connectivity index (χ0) is 17.6. The molecule has 1 fully saturated rings. The van der Waals surface area contributed by atoms with Crippen molar-refractivity contribution < 1.29 is 8.42 Å². The van der Waals surface area contributed by atoms with Gasteiger partial charge in [0.15, 0.2) is 15.8 Å². The van der Waals surface area contributed by atoms with E-state index in [1.165, 1.54) is 31.9 Å². The minimum atomic E-state index is -3.14.